The number of aryl methyl sites for hydroxylation is 1. The number of benzene rings is 1. The molecular weight excluding hydrogens is 334 g/mol. The molecule has 0 unspecified atom stereocenters. The van der Waals surface area contributed by atoms with Crippen molar-refractivity contribution >= 4 is 21.9 Å². The number of aromatic carboxylic acids is 1. The average molecular weight is 348 g/mol. The molecule has 1 aliphatic heterocycles. The molecule has 0 saturated heterocycles. The first-order valence-electron chi connectivity index (χ1n) is 6.66. The molecule has 0 bridgehead atoms. The van der Waals surface area contributed by atoms with Crippen LogP contribution in [-0.2, 0) is 13.0 Å². The van der Waals surface area contributed by atoms with Gasteiger partial charge in [-0.1, -0.05) is 28.1 Å². The summed E-state index contributed by atoms with van der Waals surface area (Å²) in [6, 6.07) is 5.78. The highest BCUT2D eigenvalue weighted by molar-refractivity contribution is 9.10. The number of carboxylic acid groups (broad SMARTS) is 1. The van der Waals surface area contributed by atoms with Crippen molar-refractivity contribution in [2.75, 3.05) is 6.54 Å². The van der Waals surface area contributed by atoms with Gasteiger partial charge in [-0.15, -0.1) is 0 Å². The van der Waals surface area contributed by atoms with Crippen molar-refractivity contribution in [3.05, 3.63) is 45.2 Å². The number of nitrogens with zero attached hydrogens (tertiary/aromatic N) is 2. The van der Waals surface area contributed by atoms with Crippen molar-refractivity contribution in [1.29, 1.82) is 0 Å². The number of nitrogens with one attached hydrogen (secondary N) is 1. The predicted molar refractivity (Wildman–Crippen MR) is 82.3 cm³/mol. The Labute approximate surface area is 130 Å². The third kappa shape index (κ3) is 2.69. The molecule has 2 N–H and O–H groups in total. The minimum absolute atomic E-state index is 0.119. The smallest absolute Gasteiger partial charge is 0.354 e. The molecule has 0 radical (unpaired) electrons. The Balaban J connectivity index is 2.16. The Bertz CT molecular complexity index is 731. The highest BCUT2D eigenvalue weighted by Crippen LogP contribution is 2.26. The Morgan fingerprint density at radius 3 is 2.90 bits per heavy atom. The minimum Gasteiger partial charge on any atom is -0.476 e. The molecule has 0 fully saturated rings. The fraction of sp³-hybridized carbons (Fsp3) is 0.267. The fourth-order valence-corrected chi connectivity index (χ4v) is 2.78. The topological polar surface area (TPSA) is 75.1 Å². The van der Waals surface area contributed by atoms with Crippen LogP contribution in [-0.4, -0.2) is 27.6 Å². The van der Waals surface area contributed by atoms with Gasteiger partial charge < -0.3 is 10.4 Å². The van der Waals surface area contributed by atoms with Crippen LogP contribution < -0.4 is 5.32 Å². The van der Waals surface area contributed by atoms with Gasteiger partial charge in [-0.3, -0.25) is 0 Å². The zero-order valence-electron chi connectivity index (χ0n) is 11.5. The molecule has 3 rings (SSSR count). The molecule has 1 aromatic heterocycles. The lowest BCUT2D eigenvalue weighted by molar-refractivity contribution is 0.0688. The number of hydrogen-bond acceptors (Lipinski definition) is 4. The molecule has 0 spiro atoms. The van der Waals surface area contributed by atoms with E-state index in [1.54, 1.807) is 0 Å². The van der Waals surface area contributed by atoms with E-state index in [1.165, 1.54) is 0 Å². The number of hydrogen-bond donors (Lipinski definition) is 2. The molecular formula is C15H14BrN3O2. The van der Waals surface area contributed by atoms with Crippen molar-refractivity contribution in [3.8, 4) is 11.4 Å². The summed E-state index contributed by atoms with van der Waals surface area (Å²) in [6.45, 7) is 3.33. The van der Waals surface area contributed by atoms with E-state index < -0.39 is 5.97 Å². The van der Waals surface area contributed by atoms with E-state index in [0.717, 1.165) is 33.4 Å². The third-order valence-electron chi connectivity index (χ3n) is 3.57. The van der Waals surface area contributed by atoms with Gasteiger partial charge in [-0.2, -0.15) is 0 Å². The second kappa shape index (κ2) is 5.54. The van der Waals surface area contributed by atoms with Crippen LogP contribution in [0.5, 0.6) is 0 Å². The predicted octanol–water partition coefficient (Wildman–Crippen LogP) is 2.56. The molecule has 21 heavy (non-hydrogen) atoms. The van der Waals surface area contributed by atoms with Crippen molar-refractivity contribution in [1.82, 2.24) is 15.3 Å². The number of carboxylic acids is 1. The summed E-state index contributed by atoms with van der Waals surface area (Å²) in [5, 5.41) is 12.6. The third-order valence-corrected chi connectivity index (χ3v) is 4.42. The first-order chi connectivity index (χ1) is 10.1. The van der Waals surface area contributed by atoms with Crippen LogP contribution in [0.15, 0.2) is 22.7 Å². The average Bonchev–Trinajstić information content (AvgIpc) is 2.48. The Kier molecular flexibility index (Phi) is 3.73. The van der Waals surface area contributed by atoms with Gasteiger partial charge in [0.2, 0.25) is 0 Å². The Morgan fingerprint density at radius 1 is 1.38 bits per heavy atom. The van der Waals surface area contributed by atoms with Crippen LogP contribution in [0.4, 0.5) is 0 Å². The number of rotatable bonds is 2. The second-order valence-electron chi connectivity index (χ2n) is 5.02. The number of aromatic nitrogens is 2. The lowest BCUT2D eigenvalue weighted by Gasteiger charge is -2.18. The van der Waals surface area contributed by atoms with E-state index in [1.807, 2.05) is 25.1 Å². The summed E-state index contributed by atoms with van der Waals surface area (Å²) in [5.41, 5.74) is 3.56. The number of halogens is 1. The first-order valence-corrected chi connectivity index (χ1v) is 7.46. The number of fused-ring (bicyclic) bond motifs is 1. The van der Waals surface area contributed by atoms with Gasteiger partial charge in [0, 0.05) is 22.1 Å². The molecule has 1 aliphatic rings. The van der Waals surface area contributed by atoms with Gasteiger partial charge in [-0.05, 0) is 31.5 Å². The van der Waals surface area contributed by atoms with E-state index in [0.29, 0.717) is 18.8 Å². The molecule has 0 amide bonds. The Hall–Kier alpha value is -1.79. The van der Waals surface area contributed by atoms with Crippen LogP contribution in [0.2, 0.25) is 0 Å². The summed E-state index contributed by atoms with van der Waals surface area (Å²) in [7, 11) is 0. The Morgan fingerprint density at radius 2 is 2.19 bits per heavy atom. The highest BCUT2D eigenvalue weighted by atomic mass is 79.9. The highest BCUT2D eigenvalue weighted by Gasteiger charge is 2.22. The molecule has 1 aromatic carbocycles. The normalized spacial score (nSPS) is 13.8. The van der Waals surface area contributed by atoms with Crippen molar-refractivity contribution < 1.29 is 9.90 Å². The van der Waals surface area contributed by atoms with Gasteiger partial charge in [0.1, 0.15) is 0 Å². The van der Waals surface area contributed by atoms with Gasteiger partial charge >= 0.3 is 5.97 Å². The van der Waals surface area contributed by atoms with Crippen LogP contribution in [0.25, 0.3) is 11.4 Å². The van der Waals surface area contributed by atoms with Gasteiger partial charge in [0.05, 0.1) is 5.69 Å². The molecule has 0 aliphatic carbocycles. The fourth-order valence-electron chi connectivity index (χ4n) is 2.40. The van der Waals surface area contributed by atoms with E-state index in [2.05, 4.69) is 31.2 Å². The number of carbonyl (C=O) groups is 1. The van der Waals surface area contributed by atoms with Crippen LogP contribution in [0, 0.1) is 6.92 Å². The molecule has 0 atom stereocenters. The largest absolute Gasteiger partial charge is 0.476 e. The summed E-state index contributed by atoms with van der Waals surface area (Å²) in [5.74, 6) is -0.543. The lowest BCUT2D eigenvalue weighted by Crippen LogP contribution is -2.27. The van der Waals surface area contributed by atoms with E-state index in [4.69, 9.17) is 0 Å². The molecule has 0 saturated carbocycles. The van der Waals surface area contributed by atoms with Crippen molar-refractivity contribution in [3.63, 3.8) is 0 Å². The van der Waals surface area contributed by atoms with Crippen molar-refractivity contribution in [2.24, 2.45) is 0 Å². The van der Waals surface area contributed by atoms with E-state index in [9.17, 15) is 9.90 Å². The van der Waals surface area contributed by atoms with Gasteiger partial charge in [0.25, 0.3) is 0 Å². The first kappa shape index (κ1) is 14.2. The van der Waals surface area contributed by atoms with Crippen LogP contribution >= 0.6 is 15.9 Å². The van der Waals surface area contributed by atoms with Gasteiger partial charge in [0.15, 0.2) is 11.5 Å². The maximum Gasteiger partial charge on any atom is 0.354 e. The summed E-state index contributed by atoms with van der Waals surface area (Å²) in [6.07, 6.45) is 0.648. The summed E-state index contributed by atoms with van der Waals surface area (Å²) >= 11 is 3.48. The standard InChI is InChI=1S/C15H14BrN3O2/c1-8-2-3-9(6-11(8)16)14-18-12-7-17-5-4-10(12)13(19-14)15(20)21/h2-3,6,17H,4-5,7H2,1H3,(H,20,21). The summed E-state index contributed by atoms with van der Waals surface area (Å²) in [4.78, 5) is 20.3. The molecule has 2 aromatic rings. The molecule has 6 heteroatoms. The monoisotopic (exact) mass is 347 g/mol. The maximum absolute atomic E-state index is 11.5. The quantitative estimate of drug-likeness (QED) is 0.873. The van der Waals surface area contributed by atoms with Crippen LogP contribution in [0.1, 0.15) is 27.3 Å². The zero-order valence-corrected chi connectivity index (χ0v) is 13.1. The maximum atomic E-state index is 11.5. The van der Waals surface area contributed by atoms with Gasteiger partial charge in [-0.25, -0.2) is 14.8 Å². The second-order valence-corrected chi connectivity index (χ2v) is 5.87. The van der Waals surface area contributed by atoms with Crippen LogP contribution in [0.3, 0.4) is 0 Å². The van der Waals surface area contributed by atoms with E-state index in [-0.39, 0.29) is 5.69 Å². The molecule has 5 nitrogen and oxygen atoms in total. The molecule has 108 valence electrons. The van der Waals surface area contributed by atoms with Crippen molar-refractivity contribution in [2.45, 2.75) is 19.9 Å². The zero-order chi connectivity index (χ0) is 15.0. The molecule has 2 heterocycles. The minimum atomic E-state index is -0.997. The van der Waals surface area contributed by atoms with E-state index >= 15 is 0 Å². The SMILES string of the molecule is Cc1ccc(-c2nc3c(c(C(=O)O)n2)CCNC3)cc1Br. The summed E-state index contributed by atoms with van der Waals surface area (Å²) < 4.78 is 0.955. The lowest BCUT2D eigenvalue weighted by atomic mass is 10.0.